The van der Waals surface area contributed by atoms with E-state index in [0.29, 0.717) is 0 Å². The number of carbonyl (C=O) groups is 2. The van der Waals surface area contributed by atoms with Crippen molar-refractivity contribution < 1.29 is 19.4 Å². The SMILES string of the molecule is CCCCC1CCC(C(=O)OOC(=O)C2CCC(CCCC)CC2)CC1. The third-order valence-corrected chi connectivity index (χ3v) is 6.50. The molecule has 0 amide bonds. The first-order chi connectivity index (χ1) is 12.6. The van der Waals surface area contributed by atoms with Crippen LogP contribution < -0.4 is 0 Å². The fourth-order valence-corrected chi connectivity index (χ4v) is 4.58. The number of carbonyl (C=O) groups excluding carboxylic acids is 2. The molecular formula is C22H38O4. The average molecular weight is 367 g/mol. The summed E-state index contributed by atoms with van der Waals surface area (Å²) in [6, 6.07) is 0. The van der Waals surface area contributed by atoms with Gasteiger partial charge in [-0.25, -0.2) is 19.4 Å². The van der Waals surface area contributed by atoms with Gasteiger partial charge in [-0.15, -0.1) is 0 Å². The Morgan fingerprint density at radius 1 is 0.654 bits per heavy atom. The van der Waals surface area contributed by atoms with Crippen LogP contribution in [-0.2, 0) is 19.4 Å². The topological polar surface area (TPSA) is 52.6 Å². The molecular weight excluding hydrogens is 328 g/mol. The van der Waals surface area contributed by atoms with Crippen LogP contribution >= 0.6 is 0 Å². The van der Waals surface area contributed by atoms with Gasteiger partial charge in [-0.05, 0) is 63.2 Å². The summed E-state index contributed by atoms with van der Waals surface area (Å²) >= 11 is 0. The molecule has 0 aliphatic heterocycles. The molecule has 0 aromatic heterocycles. The van der Waals surface area contributed by atoms with E-state index in [0.717, 1.165) is 63.2 Å². The largest absolute Gasteiger partial charge is 0.358 e. The van der Waals surface area contributed by atoms with Gasteiger partial charge < -0.3 is 0 Å². The lowest BCUT2D eigenvalue weighted by Gasteiger charge is -2.27. The maximum Gasteiger partial charge on any atom is 0.358 e. The van der Waals surface area contributed by atoms with E-state index in [1.54, 1.807) is 0 Å². The second-order valence-corrected chi connectivity index (χ2v) is 8.52. The molecule has 0 aromatic rings. The van der Waals surface area contributed by atoms with E-state index in [1.807, 2.05) is 0 Å². The summed E-state index contributed by atoms with van der Waals surface area (Å²) in [6.45, 7) is 4.43. The fourth-order valence-electron chi connectivity index (χ4n) is 4.58. The van der Waals surface area contributed by atoms with Crippen LogP contribution in [0.3, 0.4) is 0 Å². The van der Waals surface area contributed by atoms with E-state index in [2.05, 4.69) is 13.8 Å². The van der Waals surface area contributed by atoms with Crippen molar-refractivity contribution in [1.29, 1.82) is 0 Å². The summed E-state index contributed by atoms with van der Waals surface area (Å²) in [7, 11) is 0. The van der Waals surface area contributed by atoms with E-state index >= 15 is 0 Å². The normalized spacial score (nSPS) is 29.2. The van der Waals surface area contributed by atoms with Crippen LogP contribution in [0.15, 0.2) is 0 Å². The lowest BCUT2D eigenvalue weighted by atomic mass is 9.80. The lowest BCUT2D eigenvalue weighted by molar-refractivity contribution is -0.266. The minimum Gasteiger partial charge on any atom is -0.247 e. The molecule has 2 saturated carbocycles. The van der Waals surface area contributed by atoms with Crippen molar-refractivity contribution >= 4 is 11.9 Å². The zero-order valence-corrected chi connectivity index (χ0v) is 16.8. The Balaban J connectivity index is 1.61. The summed E-state index contributed by atoms with van der Waals surface area (Å²) in [4.78, 5) is 34.2. The van der Waals surface area contributed by atoms with Crippen LogP contribution in [0.1, 0.15) is 104 Å². The van der Waals surface area contributed by atoms with Crippen LogP contribution in [0.5, 0.6) is 0 Å². The highest BCUT2D eigenvalue weighted by molar-refractivity contribution is 5.75. The van der Waals surface area contributed by atoms with E-state index in [4.69, 9.17) is 9.78 Å². The van der Waals surface area contributed by atoms with Crippen molar-refractivity contribution in [3.8, 4) is 0 Å². The number of hydrogen-bond donors (Lipinski definition) is 0. The molecule has 2 aliphatic carbocycles. The Bertz CT molecular complexity index is 378. The average Bonchev–Trinajstić information content (AvgIpc) is 2.69. The minimum absolute atomic E-state index is 0.0922. The standard InChI is InChI=1S/C22H38O4/c1-3-5-7-17-9-13-19(14-10-17)21(23)25-26-22(24)20-15-11-18(12-16-20)8-6-4-2/h17-20H,3-16H2,1-2H3. The van der Waals surface area contributed by atoms with Crippen molar-refractivity contribution in [3.63, 3.8) is 0 Å². The highest BCUT2D eigenvalue weighted by Gasteiger charge is 2.31. The molecule has 0 spiro atoms. The monoisotopic (exact) mass is 366 g/mol. The van der Waals surface area contributed by atoms with Gasteiger partial charge in [-0.3, -0.25) is 0 Å². The van der Waals surface area contributed by atoms with Crippen LogP contribution in [0.2, 0.25) is 0 Å². The molecule has 0 saturated heterocycles. The smallest absolute Gasteiger partial charge is 0.247 e. The van der Waals surface area contributed by atoms with Gasteiger partial charge in [-0.1, -0.05) is 52.4 Å². The lowest BCUT2D eigenvalue weighted by Crippen LogP contribution is -2.28. The maximum absolute atomic E-state index is 12.2. The van der Waals surface area contributed by atoms with Gasteiger partial charge in [0.1, 0.15) is 0 Å². The first-order valence-corrected chi connectivity index (χ1v) is 11.1. The fraction of sp³-hybridized carbons (Fsp3) is 0.909. The zero-order valence-electron chi connectivity index (χ0n) is 16.8. The summed E-state index contributed by atoms with van der Waals surface area (Å²) in [5, 5.41) is 0. The molecule has 4 heteroatoms. The van der Waals surface area contributed by atoms with Gasteiger partial charge in [0, 0.05) is 0 Å². The first-order valence-electron chi connectivity index (χ1n) is 11.1. The second-order valence-electron chi connectivity index (χ2n) is 8.52. The summed E-state index contributed by atoms with van der Waals surface area (Å²) in [5.74, 6) is 0.637. The molecule has 26 heavy (non-hydrogen) atoms. The minimum atomic E-state index is -0.344. The van der Waals surface area contributed by atoms with Crippen molar-refractivity contribution in [2.45, 2.75) is 104 Å². The predicted octanol–water partition coefficient (Wildman–Crippen LogP) is 5.98. The van der Waals surface area contributed by atoms with E-state index in [-0.39, 0.29) is 23.8 Å². The van der Waals surface area contributed by atoms with E-state index < -0.39 is 0 Å². The summed E-state index contributed by atoms with van der Waals surface area (Å²) in [6.07, 6.45) is 15.4. The van der Waals surface area contributed by atoms with E-state index in [9.17, 15) is 9.59 Å². The molecule has 150 valence electrons. The molecule has 0 bridgehead atoms. The Morgan fingerprint density at radius 3 is 1.31 bits per heavy atom. The van der Waals surface area contributed by atoms with Gasteiger partial charge in [0.2, 0.25) is 0 Å². The third kappa shape index (κ3) is 6.92. The van der Waals surface area contributed by atoms with Gasteiger partial charge in [0.15, 0.2) is 0 Å². The molecule has 2 rings (SSSR count). The second kappa shape index (κ2) is 11.6. The van der Waals surface area contributed by atoms with Gasteiger partial charge in [0.05, 0.1) is 11.8 Å². The third-order valence-electron chi connectivity index (χ3n) is 6.50. The van der Waals surface area contributed by atoms with Crippen LogP contribution in [0.25, 0.3) is 0 Å². The van der Waals surface area contributed by atoms with Crippen LogP contribution in [-0.4, -0.2) is 11.9 Å². The van der Waals surface area contributed by atoms with Crippen molar-refractivity contribution in [2.24, 2.45) is 23.7 Å². The number of unbranched alkanes of at least 4 members (excludes halogenated alkanes) is 2. The van der Waals surface area contributed by atoms with Crippen molar-refractivity contribution in [1.82, 2.24) is 0 Å². The quantitative estimate of drug-likeness (QED) is 0.391. The molecule has 0 atom stereocenters. The van der Waals surface area contributed by atoms with Gasteiger partial charge >= 0.3 is 11.9 Å². The van der Waals surface area contributed by atoms with Crippen LogP contribution in [0.4, 0.5) is 0 Å². The molecule has 2 aliphatic rings. The highest BCUT2D eigenvalue weighted by atomic mass is 17.2. The molecule has 0 N–H and O–H groups in total. The molecule has 4 nitrogen and oxygen atoms in total. The zero-order chi connectivity index (χ0) is 18.8. The highest BCUT2D eigenvalue weighted by Crippen LogP contribution is 2.34. The predicted molar refractivity (Wildman–Crippen MR) is 102 cm³/mol. The van der Waals surface area contributed by atoms with Gasteiger partial charge in [0.25, 0.3) is 0 Å². The van der Waals surface area contributed by atoms with E-state index in [1.165, 1.54) is 38.5 Å². The molecule has 0 radical (unpaired) electrons. The number of hydrogen-bond acceptors (Lipinski definition) is 4. The Morgan fingerprint density at radius 2 is 1.00 bits per heavy atom. The van der Waals surface area contributed by atoms with Crippen molar-refractivity contribution in [3.05, 3.63) is 0 Å². The summed E-state index contributed by atoms with van der Waals surface area (Å²) < 4.78 is 0. The Labute approximate surface area is 159 Å². The van der Waals surface area contributed by atoms with Crippen molar-refractivity contribution in [2.75, 3.05) is 0 Å². The van der Waals surface area contributed by atoms with Crippen LogP contribution in [0, 0.1) is 23.7 Å². The molecule has 0 heterocycles. The molecule has 0 aromatic carbocycles. The Hall–Kier alpha value is -1.06. The maximum atomic E-state index is 12.2. The first kappa shape index (κ1) is 21.2. The molecule has 2 fully saturated rings. The molecule has 0 unspecified atom stereocenters. The van der Waals surface area contributed by atoms with Gasteiger partial charge in [-0.2, -0.15) is 0 Å². The summed E-state index contributed by atoms with van der Waals surface area (Å²) in [5.41, 5.74) is 0. The Kier molecular flexibility index (Phi) is 9.49. The number of rotatable bonds is 8.